The van der Waals surface area contributed by atoms with Crippen LogP contribution >= 0.6 is 11.3 Å². The Kier molecular flexibility index (Phi) is 5.90. The van der Waals surface area contributed by atoms with Crippen molar-refractivity contribution in [2.45, 2.75) is 44.6 Å². The summed E-state index contributed by atoms with van der Waals surface area (Å²) in [6.07, 6.45) is 6.25. The van der Waals surface area contributed by atoms with Gasteiger partial charge in [-0.1, -0.05) is 30.3 Å². The van der Waals surface area contributed by atoms with Crippen LogP contribution in [0.3, 0.4) is 0 Å². The van der Waals surface area contributed by atoms with E-state index in [2.05, 4.69) is 5.32 Å². The largest absolute Gasteiger partial charge is 0.395 e. The molecule has 2 N–H and O–H groups in total. The fourth-order valence-electron chi connectivity index (χ4n) is 3.94. The van der Waals surface area contributed by atoms with Crippen molar-refractivity contribution in [3.05, 3.63) is 51.9 Å². The van der Waals surface area contributed by atoms with Gasteiger partial charge in [0.1, 0.15) is 5.00 Å². The van der Waals surface area contributed by atoms with Gasteiger partial charge >= 0.3 is 0 Å². The number of benzene rings is 1. The van der Waals surface area contributed by atoms with Crippen LogP contribution in [-0.4, -0.2) is 47.4 Å². The summed E-state index contributed by atoms with van der Waals surface area (Å²) in [5, 5.41) is 13.0. The number of hydrogen-bond donors (Lipinski definition) is 2. The maximum Gasteiger partial charge on any atom is 0.239 e. The lowest BCUT2D eigenvalue weighted by Gasteiger charge is -2.20. The zero-order valence-corrected chi connectivity index (χ0v) is 16.8. The third-order valence-electron chi connectivity index (χ3n) is 5.48. The number of hydrogen-bond acceptors (Lipinski definition) is 5. The summed E-state index contributed by atoms with van der Waals surface area (Å²) >= 11 is 1.56. The Morgan fingerprint density at radius 2 is 1.89 bits per heavy atom. The molecule has 2 aliphatic carbocycles. The minimum atomic E-state index is -0.110. The highest BCUT2D eigenvalue weighted by Gasteiger charge is 2.31. The molecule has 6 heteroatoms. The van der Waals surface area contributed by atoms with Gasteiger partial charge in [0.05, 0.1) is 18.7 Å². The van der Waals surface area contributed by atoms with Crippen molar-refractivity contribution in [2.75, 3.05) is 25.0 Å². The van der Waals surface area contributed by atoms with Crippen LogP contribution < -0.4 is 5.32 Å². The van der Waals surface area contributed by atoms with Crippen molar-refractivity contribution in [2.24, 2.45) is 0 Å². The molecule has 28 heavy (non-hydrogen) atoms. The maximum absolute atomic E-state index is 13.2. The van der Waals surface area contributed by atoms with E-state index in [4.69, 9.17) is 0 Å². The number of ketones is 1. The fraction of sp³-hybridized carbons (Fsp3) is 0.455. The average Bonchev–Trinajstić information content (AvgIpc) is 3.49. The lowest BCUT2D eigenvalue weighted by molar-refractivity contribution is -0.117. The predicted molar refractivity (Wildman–Crippen MR) is 111 cm³/mol. The standard InChI is InChI=1S/C22H26N2O3S/c25-13-12-24(16-10-11-16)14-19(26)23-22-20(17-8-4-5-9-18(17)28-22)21(27)15-6-2-1-3-7-15/h1-3,6-7,16,25H,4-5,8-14H2,(H,23,26). The van der Waals surface area contributed by atoms with E-state index >= 15 is 0 Å². The van der Waals surface area contributed by atoms with Gasteiger partial charge in [-0.15, -0.1) is 11.3 Å². The third-order valence-corrected chi connectivity index (χ3v) is 6.69. The van der Waals surface area contributed by atoms with E-state index in [0.717, 1.165) is 44.1 Å². The Morgan fingerprint density at radius 1 is 1.14 bits per heavy atom. The number of rotatable bonds is 8. The molecule has 1 saturated carbocycles. The number of nitrogens with one attached hydrogen (secondary N) is 1. The summed E-state index contributed by atoms with van der Waals surface area (Å²) in [7, 11) is 0. The number of aryl methyl sites for hydroxylation is 1. The lowest BCUT2D eigenvalue weighted by atomic mass is 9.92. The molecule has 0 spiro atoms. The number of aliphatic hydroxyl groups is 1. The first-order valence-corrected chi connectivity index (χ1v) is 10.9. The maximum atomic E-state index is 13.2. The van der Waals surface area contributed by atoms with Gasteiger partial charge in [-0.05, 0) is 44.1 Å². The van der Waals surface area contributed by atoms with Gasteiger partial charge in [0.15, 0.2) is 5.78 Å². The highest BCUT2D eigenvalue weighted by atomic mass is 32.1. The van der Waals surface area contributed by atoms with Crippen LogP contribution in [0.15, 0.2) is 30.3 Å². The molecule has 148 valence electrons. The first kappa shape index (κ1) is 19.3. The molecular formula is C22H26N2O3S. The molecule has 0 saturated heterocycles. The third kappa shape index (κ3) is 4.19. The highest BCUT2D eigenvalue weighted by Crippen LogP contribution is 2.39. The number of anilines is 1. The quantitative estimate of drug-likeness (QED) is 0.670. The molecule has 1 amide bonds. The number of nitrogens with zero attached hydrogens (tertiary/aromatic N) is 1. The van der Waals surface area contributed by atoms with Crippen molar-refractivity contribution in [1.29, 1.82) is 0 Å². The highest BCUT2D eigenvalue weighted by molar-refractivity contribution is 7.17. The van der Waals surface area contributed by atoms with Crippen LogP contribution in [0.1, 0.15) is 52.0 Å². The zero-order valence-electron chi connectivity index (χ0n) is 15.9. The van der Waals surface area contributed by atoms with Crippen LogP contribution in [0.2, 0.25) is 0 Å². The molecule has 0 radical (unpaired) electrons. The smallest absolute Gasteiger partial charge is 0.239 e. The van der Waals surface area contributed by atoms with Gasteiger partial charge in [-0.25, -0.2) is 0 Å². The Morgan fingerprint density at radius 3 is 2.61 bits per heavy atom. The van der Waals surface area contributed by atoms with E-state index in [0.29, 0.717) is 28.7 Å². The molecule has 0 unspecified atom stereocenters. The van der Waals surface area contributed by atoms with Crippen molar-refractivity contribution in [1.82, 2.24) is 4.90 Å². The summed E-state index contributed by atoms with van der Waals surface area (Å²) < 4.78 is 0. The van der Waals surface area contributed by atoms with E-state index in [9.17, 15) is 14.7 Å². The minimum Gasteiger partial charge on any atom is -0.395 e. The molecule has 1 heterocycles. The normalized spacial score (nSPS) is 16.1. The summed E-state index contributed by atoms with van der Waals surface area (Å²) in [4.78, 5) is 29.2. The zero-order chi connectivity index (χ0) is 19.5. The minimum absolute atomic E-state index is 0.00953. The molecule has 5 nitrogen and oxygen atoms in total. The summed E-state index contributed by atoms with van der Waals surface area (Å²) in [6.45, 7) is 0.816. The summed E-state index contributed by atoms with van der Waals surface area (Å²) in [5.74, 6) is -0.120. The van der Waals surface area contributed by atoms with E-state index in [1.54, 1.807) is 11.3 Å². The van der Waals surface area contributed by atoms with Gasteiger partial charge in [-0.2, -0.15) is 0 Å². The van der Waals surface area contributed by atoms with Crippen molar-refractivity contribution < 1.29 is 14.7 Å². The molecule has 1 fully saturated rings. The van der Waals surface area contributed by atoms with E-state index in [-0.39, 0.29) is 24.8 Å². The average molecular weight is 399 g/mol. The number of amides is 1. The van der Waals surface area contributed by atoms with Crippen molar-refractivity contribution in [3.63, 3.8) is 0 Å². The van der Waals surface area contributed by atoms with E-state index < -0.39 is 0 Å². The lowest BCUT2D eigenvalue weighted by Crippen LogP contribution is -2.36. The molecular weight excluding hydrogens is 372 g/mol. The van der Waals surface area contributed by atoms with E-state index in [1.165, 1.54) is 4.88 Å². The number of thiophene rings is 1. The van der Waals surface area contributed by atoms with Gasteiger partial charge < -0.3 is 10.4 Å². The Labute approximate surface area is 169 Å². The number of carbonyl (C=O) groups is 2. The molecule has 1 aromatic carbocycles. The summed E-state index contributed by atoms with van der Waals surface area (Å²) in [6, 6.07) is 9.70. The number of carbonyl (C=O) groups excluding carboxylic acids is 2. The monoisotopic (exact) mass is 398 g/mol. The van der Waals surface area contributed by atoms with Crippen molar-refractivity contribution in [3.8, 4) is 0 Å². The molecule has 2 aliphatic rings. The van der Waals surface area contributed by atoms with Crippen LogP contribution in [0.5, 0.6) is 0 Å². The molecule has 2 aromatic rings. The number of aliphatic hydroxyl groups excluding tert-OH is 1. The van der Waals surface area contributed by atoms with Gasteiger partial charge in [0.25, 0.3) is 0 Å². The van der Waals surface area contributed by atoms with Crippen LogP contribution in [-0.2, 0) is 17.6 Å². The second-order valence-corrected chi connectivity index (χ2v) is 8.69. The van der Waals surface area contributed by atoms with Crippen molar-refractivity contribution >= 4 is 28.0 Å². The van der Waals surface area contributed by atoms with E-state index in [1.807, 2.05) is 35.2 Å². The molecule has 1 aromatic heterocycles. The number of fused-ring (bicyclic) bond motifs is 1. The molecule has 0 bridgehead atoms. The SMILES string of the molecule is O=C(CN(CCO)C1CC1)Nc1sc2c(c1C(=O)c1ccccc1)CCCC2. The van der Waals surface area contributed by atoms with Gasteiger partial charge in [-0.3, -0.25) is 14.5 Å². The second-order valence-electron chi connectivity index (χ2n) is 7.58. The fourth-order valence-corrected chi connectivity index (χ4v) is 5.24. The van der Waals surface area contributed by atoms with Crippen LogP contribution in [0.25, 0.3) is 0 Å². The Bertz CT molecular complexity index is 858. The predicted octanol–water partition coefficient (Wildman–Crippen LogP) is 3.25. The first-order chi connectivity index (χ1) is 13.7. The summed E-state index contributed by atoms with van der Waals surface area (Å²) in [5.41, 5.74) is 2.46. The van der Waals surface area contributed by atoms with Gasteiger partial charge in [0, 0.05) is 23.0 Å². The van der Waals surface area contributed by atoms with Crippen LogP contribution in [0.4, 0.5) is 5.00 Å². The van der Waals surface area contributed by atoms with Gasteiger partial charge in [0.2, 0.25) is 5.91 Å². The molecule has 0 aliphatic heterocycles. The Hall–Kier alpha value is -2.02. The first-order valence-electron chi connectivity index (χ1n) is 10.1. The molecule has 4 rings (SSSR count). The topological polar surface area (TPSA) is 69.6 Å². The Balaban J connectivity index is 1.58. The van der Waals surface area contributed by atoms with Crippen LogP contribution in [0, 0.1) is 0 Å². The molecule has 0 atom stereocenters. The second kappa shape index (κ2) is 8.55.